The predicted molar refractivity (Wildman–Crippen MR) is 116 cm³/mol. The van der Waals surface area contributed by atoms with Gasteiger partial charge in [0.05, 0.1) is 0 Å². The van der Waals surface area contributed by atoms with Gasteiger partial charge < -0.3 is 14.7 Å². The molecule has 8 nitrogen and oxygen atoms in total. The summed E-state index contributed by atoms with van der Waals surface area (Å²) in [4.78, 5) is 28.5. The maximum atomic E-state index is 12.7. The summed E-state index contributed by atoms with van der Waals surface area (Å²) in [7, 11) is 0. The summed E-state index contributed by atoms with van der Waals surface area (Å²) in [5.41, 5.74) is 3.64. The van der Waals surface area contributed by atoms with Gasteiger partial charge in [0.1, 0.15) is 11.6 Å². The fourth-order valence-corrected chi connectivity index (χ4v) is 4.48. The molecule has 2 aliphatic rings. The van der Waals surface area contributed by atoms with Crippen molar-refractivity contribution in [1.82, 2.24) is 25.4 Å². The van der Waals surface area contributed by atoms with Gasteiger partial charge in [-0.3, -0.25) is 9.78 Å². The third kappa shape index (κ3) is 4.15. The second kappa shape index (κ2) is 8.45. The standard InChI is InChI=1S/C23H26N6O2/c1-15-25-19-7-3-2-6-18(19)22(26-15)29-11-8-17(9-12-29)27-23(30)20-13-21(31-28-20)16-5-4-10-24-14-16/h4-5,10,13-14,17H,2-3,6-9,11-12H2,1H3,(H,27,30). The number of hydrogen-bond donors (Lipinski definition) is 1. The lowest BCUT2D eigenvalue weighted by molar-refractivity contribution is 0.0922. The van der Waals surface area contributed by atoms with Crippen molar-refractivity contribution in [2.45, 2.75) is 51.5 Å². The van der Waals surface area contributed by atoms with Gasteiger partial charge in [-0.25, -0.2) is 9.97 Å². The van der Waals surface area contributed by atoms with Crippen LogP contribution in [0.5, 0.6) is 0 Å². The molecule has 3 aromatic rings. The Morgan fingerprint density at radius 1 is 1.19 bits per heavy atom. The minimum absolute atomic E-state index is 0.112. The van der Waals surface area contributed by atoms with Crippen molar-refractivity contribution < 1.29 is 9.32 Å². The Morgan fingerprint density at radius 3 is 2.84 bits per heavy atom. The summed E-state index contributed by atoms with van der Waals surface area (Å²) in [6.07, 6.45) is 9.65. The first-order valence-electron chi connectivity index (χ1n) is 11.0. The van der Waals surface area contributed by atoms with Gasteiger partial charge in [0.2, 0.25) is 0 Å². The third-order valence-electron chi connectivity index (χ3n) is 6.09. The fraction of sp³-hybridized carbons (Fsp3) is 0.435. The Bertz CT molecular complexity index is 1070. The normalized spacial score (nSPS) is 16.7. The predicted octanol–water partition coefficient (Wildman–Crippen LogP) is 3.11. The van der Waals surface area contributed by atoms with E-state index in [4.69, 9.17) is 9.51 Å². The van der Waals surface area contributed by atoms with Gasteiger partial charge in [-0.1, -0.05) is 5.16 Å². The topological polar surface area (TPSA) is 97.0 Å². The van der Waals surface area contributed by atoms with Gasteiger partial charge >= 0.3 is 0 Å². The highest BCUT2D eigenvalue weighted by molar-refractivity contribution is 5.93. The number of aryl methyl sites for hydroxylation is 2. The average molecular weight is 419 g/mol. The van der Waals surface area contributed by atoms with E-state index in [1.807, 2.05) is 19.1 Å². The van der Waals surface area contributed by atoms with E-state index in [1.165, 1.54) is 24.1 Å². The zero-order chi connectivity index (χ0) is 21.2. The molecule has 8 heteroatoms. The van der Waals surface area contributed by atoms with Crippen LogP contribution < -0.4 is 10.2 Å². The number of amides is 1. The first-order valence-corrected chi connectivity index (χ1v) is 11.0. The molecule has 0 bridgehead atoms. The number of nitrogens with one attached hydrogen (secondary N) is 1. The van der Waals surface area contributed by atoms with Crippen molar-refractivity contribution in [3.8, 4) is 11.3 Å². The molecule has 1 fully saturated rings. The van der Waals surface area contributed by atoms with Crippen LogP contribution in [-0.2, 0) is 12.8 Å². The molecule has 3 aromatic heterocycles. The number of carbonyl (C=O) groups excluding carboxylic acids is 1. The number of piperidine rings is 1. The second-order valence-corrected chi connectivity index (χ2v) is 8.28. The lowest BCUT2D eigenvalue weighted by atomic mass is 9.95. The molecule has 1 aliphatic heterocycles. The highest BCUT2D eigenvalue weighted by Gasteiger charge is 2.27. The van der Waals surface area contributed by atoms with Crippen molar-refractivity contribution in [2.75, 3.05) is 18.0 Å². The third-order valence-corrected chi connectivity index (χ3v) is 6.09. The number of rotatable bonds is 4. The molecule has 160 valence electrons. The second-order valence-electron chi connectivity index (χ2n) is 8.28. The molecule has 5 rings (SSSR count). The smallest absolute Gasteiger partial charge is 0.273 e. The van der Waals surface area contributed by atoms with Crippen LogP contribution in [0.1, 0.15) is 53.3 Å². The minimum Gasteiger partial charge on any atom is -0.356 e. The van der Waals surface area contributed by atoms with Crippen LogP contribution in [-0.4, -0.2) is 45.1 Å². The van der Waals surface area contributed by atoms with E-state index < -0.39 is 0 Å². The number of fused-ring (bicyclic) bond motifs is 1. The zero-order valence-electron chi connectivity index (χ0n) is 17.7. The van der Waals surface area contributed by atoms with Crippen LogP contribution >= 0.6 is 0 Å². The van der Waals surface area contributed by atoms with Gasteiger partial charge in [0, 0.05) is 54.4 Å². The average Bonchev–Trinajstić information content (AvgIpc) is 3.30. The van der Waals surface area contributed by atoms with E-state index in [9.17, 15) is 4.79 Å². The fourth-order valence-electron chi connectivity index (χ4n) is 4.48. The van der Waals surface area contributed by atoms with Crippen LogP contribution in [0.25, 0.3) is 11.3 Å². The number of aromatic nitrogens is 4. The Balaban J connectivity index is 1.22. The largest absolute Gasteiger partial charge is 0.356 e. The number of pyridine rings is 1. The van der Waals surface area contributed by atoms with Crippen molar-refractivity contribution in [3.05, 3.63) is 53.4 Å². The Morgan fingerprint density at radius 2 is 2.03 bits per heavy atom. The zero-order valence-corrected chi connectivity index (χ0v) is 17.7. The minimum atomic E-state index is -0.201. The van der Waals surface area contributed by atoms with Crippen LogP contribution in [0.2, 0.25) is 0 Å². The highest BCUT2D eigenvalue weighted by atomic mass is 16.5. The van der Waals surface area contributed by atoms with Gasteiger partial charge in [0.25, 0.3) is 5.91 Å². The Labute approximate surface area is 181 Å². The van der Waals surface area contributed by atoms with Crippen molar-refractivity contribution in [2.24, 2.45) is 0 Å². The molecule has 0 atom stereocenters. The van der Waals surface area contributed by atoms with E-state index in [1.54, 1.807) is 18.5 Å². The van der Waals surface area contributed by atoms with E-state index in [0.29, 0.717) is 11.5 Å². The molecular weight excluding hydrogens is 392 g/mol. The molecule has 1 amide bonds. The molecule has 0 saturated carbocycles. The van der Waals surface area contributed by atoms with Crippen LogP contribution in [0, 0.1) is 6.92 Å². The van der Waals surface area contributed by atoms with Crippen molar-refractivity contribution in [3.63, 3.8) is 0 Å². The molecule has 4 heterocycles. The number of anilines is 1. The lowest BCUT2D eigenvalue weighted by Gasteiger charge is -2.35. The molecular formula is C23H26N6O2. The van der Waals surface area contributed by atoms with Crippen LogP contribution in [0.4, 0.5) is 5.82 Å². The summed E-state index contributed by atoms with van der Waals surface area (Å²) >= 11 is 0. The monoisotopic (exact) mass is 418 g/mol. The lowest BCUT2D eigenvalue weighted by Crippen LogP contribution is -2.45. The number of nitrogens with zero attached hydrogens (tertiary/aromatic N) is 5. The van der Waals surface area contributed by atoms with Gasteiger partial charge in [-0.2, -0.15) is 0 Å². The maximum Gasteiger partial charge on any atom is 0.273 e. The van der Waals surface area contributed by atoms with E-state index in [2.05, 4.69) is 25.3 Å². The van der Waals surface area contributed by atoms with E-state index >= 15 is 0 Å². The molecule has 0 radical (unpaired) electrons. The van der Waals surface area contributed by atoms with Crippen molar-refractivity contribution in [1.29, 1.82) is 0 Å². The number of carbonyl (C=O) groups is 1. The summed E-state index contributed by atoms with van der Waals surface area (Å²) in [6.45, 7) is 3.71. The summed E-state index contributed by atoms with van der Waals surface area (Å²) in [5, 5.41) is 7.05. The first kappa shape index (κ1) is 19.7. The Hall–Kier alpha value is -3.29. The van der Waals surface area contributed by atoms with E-state index in [-0.39, 0.29) is 11.9 Å². The van der Waals surface area contributed by atoms with Crippen LogP contribution in [0.15, 0.2) is 35.1 Å². The molecule has 1 N–H and O–H groups in total. The van der Waals surface area contributed by atoms with Crippen LogP contribution in [0.3, 0.4) is 0 Å². The first-order chi connectivity index (χ1) is 15.2. The quantitative estimate of drug-likeness (QED) is 0.695. The molecule has 0 spiro atoms. The number of hydrogen-bond acceptors (Lipinski definition) is 7. The molecule has 1 aliphatic carbocycles. The summed E-state index contributed by atoms with van der Waals surface area (Å²) < 4.78 is 5.33. The maximum absolute atomic E-state index is 12.7. The SMILES string of the molecule is Cc1nc2c(c(N3CCC(NC(=O)c4cc(-c5cccnc5)on4)CC3)n1)CCCC2. The molecule has 1 saturated heterocycles. The van der Waals surface area contributed by atoms with Gasteiger partial charge in [-0.15, -0.1) is 0 Å². The van der Waals surface area contributed by atoms with Gasteiger partial charge in [-0.05, 0) is 57.6 Å². The molecule has 0 aromatic carbocycles. The highest BCUT2D eigenvalue weighted by Crippen LogP contribution is 2.30. The summed E-state index contributed by atoms with van der Waals surface area (Å²) in [5.74, 6) is 2.29. The van der Waals surface area contributed by atoms with Gasteiger partial charge in [0.15, 0.2) is 11.5 Å². The molecule has 0 unspecified atom stereocenters. The summed E-state index contributed by atoms with van der Waals surface area (Å²) in [6, 6.07) is 5.47. The Kier molecular flexibility index (Phi) is 5.36. The molecule has 31 heavy (non-hydrogen) atoms. The van der Waals surface area contributed by atoms with E-state index in [0.717, 1.165) is 56.0 Å². The van der Waals surface area contributed by atoms with Crippen molar-refractivity contribution >= 4 is 11.7 Å².